The third-order valence-corrected chi connectivity index (χ3v) is 2.43. The van der Waals surface area contributed by atoms with Crippen molar-refractivity contribution < 1.29 is 4.39 Å². The monoisotopic (exact) mass is 141 g/mol. The first kappa shape index (κ1) is 6.35. The Morgan fingerprint density at radius 2 is 2.40 bits per heavy atom. The fraction of sp³-hybridized carbons (Fsp3) is 0.750. The summed E-state index contributed by atoms with van der Waals surface area (Å²) in [6.45, 7) is 5.48. The van der Waals surface area contributed by atoms with Gasteiger partial charge in [-0.25, -0.2) is 4.39 Å². The first-order valence-corrected chi connectivity index (χ1v) is 3.80. The van der Waals surface area contributed by atoms with Crippen LogP contribution >= 0.6 is 0 Å². The first-order valence-electron chi connectivity index (χ1n) is 3.80. The second-order valence-corrected chi connectivity index (χ2v) is 3.37. The minimum Gasteiger partial charge on any atom is -0.293 e. The molecule has 0 aliphatic carbocycles. The van der Waals surface area contributed by atoms with Crippen LogP contribution in [0, 0.1) is 0 Å². The third-order valence-electron chi connectivity index (χ3n) is 2.43. The normalized spacial score (nSPS) is 40.7. The molecule has 2 aliphatic rings. The maximum absolute atomic E-state index is 12.7. The van der Waals surface area contributed by atoms with Crippen molar-refractivity contribution in [2.45, 2.75) is 25.1 Å². The summed E-state index contributed by atoms with van der Waals surface area (Å²) in [7, 11) is 0. The van der Waals surface area contributed by atoms with Crippen LogP contribution in [0.3, 0.4) is 0 Å². The summed E-state index contributed by atoms with van der Waals surface area (Å²) in [5, 5.41) is 0. The molecule has 2 aliphatic heterocycles. The van der Waals surface area contributed by atoms with Crippen molar-refractivity contribution in [1.82, 2.24) is 4.90 Å². The van der Waals surface area contributed by atoms with Crippen molar-refractivity contribution >= 4 is 0 Å². The van der Waals surface area contributed by atoms with Crippen LogP contribution < -0.4 is 0 Å². The zero-order valence-electron chi connectivity index (χ0n) is 6.02. The average Bonchev–Trinajstić information content (AvgIpc) is 2.21. The molecule has 2 atom stereocenters. The summed E-state index contributed by atoms with van der Waals surface area (Å²) in [6, 6.07) is 0.488. The van der Waals surface area contributed by atoms with Crippen LogP contribution in [0.4, 0.5) is 4.39 Å². The van der Waals surface area contributed by atoms with Crippen LogP contribution in [-0.4, -0.2) is 30.2 Å². The lowest BCUT2D eigenvalue weighted by Gasteiger charge is -2.11. The van der Waals surface area contributed by atoms with Crippen molar-refractivity contribution in [3.8, 4) is 0 Å². The molecular weight excluding hydrogens is 129 g/mol. The largest absolute Gasteiger partial charge is 0.293 e. The number of halogens is 1. The molecule has 0 radical (unpaired) electrons. The second-order valence-electron chi connectivity index (χ2n) is 3.37. The molecule has 0 saturated carbocycles. The van der Waals surface area contributed by atoms with Crippen LogP contribution in [0.25, 0.3) is 0 Å². The van der Waals surface area contributed by atoms with E-state index in [0.29, 0.717) is 12.6 Å². The van der Waals surface area contributed by atoms with E-state index >= 15 is 0 Å². The summed E-state index contributed by atoms with van der Waals surface area (Å²) in [5.74, 6) is 0. The fourth-order valence-corrected chi connectivity index (χ4v) is 2.01. The molecule has 2 fully saturated rings. The van der Waals surface area contributed by atoms with Crippen molar-refractivity contribution in [2.24, 2.45) is 0 Å². The predicted molar refractivity (Wildman–Crippen MR) is 38.6 cm³/mol. The minimum atomic E-state index is -0.571. The zero-order chi connectivity index (χ0) is 7.14. The van der Waals surface area contributed by atoms with E-state index in [1.54, 1.807) is 0 Å². The second kappa shape index (κ2) is 2.06. The lowest BCUT2D eigenvalue weighted by Crippen LogP contribution is -2.22. The first-order chi connectivity index (χ1) is 4.75. The Balaban J connectivity index is 2.06. The summed E-state index contributed by atoms with van der Waals surface area (Å²) < 4.78 is 12.7. The van der Waals surface area contributed by atoms with E-state index in [0.717, 1.165) is 19.4 Å². The molecule has 2 unspecified atom stereocenters. The van der Waals surface area contributed by atoms with E-state index in [4.69, 9.17) is 0 Å². The van der Waals surface area contributed by atoms with Crippen LogP contribution in [0.15, 0.2) is 12.2 Å². The quantitative estimate of drug-likeness (QED) is 0.460. The molecule has 2 heterocycles. The Morgan fingerprint density at radius 1 is 1.60 bits per heavy atom. The van der Waals surface area contributed by atoms with Crippen LogP contribution in [0.5, 0.6) is 0 Å². The highest BCUT2D eigenvalue weighted by atomic mass is 19.1. The summed E-state index contributed by atoms with van der Waals surface area (Å²) in [5.41, 5.74) is 1.27. The van der Waals surface area contributed by atoms with Gasteiger partial charge < -0.3 is 0 Å². The van der Waals surface area contributed by atoms with E-state index in [1.165, 1.54) is 5.57 Å². The molecule has 2 heteroatoms. The van der Waals surface area contributed by atoms with Crippen molar-refractivity contribution in [3.05, 3.63) is 12.2 Å². The molecule has 2 rings (SSSR count). The van der Waals surface area contributed by atoms with Crippen molar-refractivity contribution in [3.63, 3.8) is 0 Å². The van der Waals surface area contributed by atoms with Crippen molar-refractivity contribution in [2.75, 3.05) is 13.1 Å². The Hall–Kier alpha value is -0.370. The average molecular weight is 141 g/mol. The van der Waals surface area contributed by atoms with E-state index < -0.39 is 6.17 Å². The zero-order valence-corrected chi connectivity index (χ0v) is 6.02. The number of rotatable bonds is 0. The number of fused-ring (bicyclic) bond motifs is 1. The number of hydrogen-bond acceptors (Lipinski definition) is 1. The molecule has 0 aromatic rings. The smallest absolute Gasteiger partial charge is 0.114 e. The van der Waals surface area contributed by atoms with Crippen LogP contribution in [0.2, 0.25) is 0 Å². The molecule has 1 nitrogen and oxygen atoms in total. The highest BCUT2D eigenvalue weighted by molar-refractivity contribution is 5.11. The highest BCUT2D eigenvalue weighted by Crippen LogP contribution is 2.31. The van der Waals surface area contributed by atoms with Gasteiger partial charge in [0.15, 0.2) is 0 Å². The van der Waals surface area contributed by atoms with Gasteiger partial charge in [-0.15, -0.1) is 0 Å². The van der Waals surface area contributed by atoms with Gasteiger partial charge in [-0.05, 0) is 12.8 Å². The number of alkyl halides is 1. The molecule has 0 aromatic heterocycles. The van der Waals surface area contributed by atoms with Gasteiger partial charge in [-0.1, -0.05) is 12.2 Å². The molecule has 0 aromatic carbocycles. The van der Waals surface area contributed by atoms with Gasteiger partial charge in [0, 0.05) is 19.1 Å². The Kier molecular flexibility index (Phi) is 1.31. The van der Waals surface area contributed by atoms with E-state index in [1.807, 2.05) is 0 Å². The lowest BCUT2D eigenvalue weighted by molar-refractivity contribution is 0.297. The van der Waals surface area contributed by atoms with Gasteiger partial charge in [0.05, 0.1) is 0 Å². The highest BCUT2D eigenvalue weighted by Gasteiger charge is 2.36. The van der Waals surface area contributed by atoms with Crippen LogP contribution in [0.1, 0.15) is 12.8 Å². The van der Waals surface area contributed by atoms with Crippen LogP contribution in [-0.2, 0) is 0 Å². The fourth-order valence-electron chi connectivity index (χ4n) is 2.01. The summed E-state index contributed by atoms with van der Waals surface area (Å²) in [6.07, 6.45) is 1.19. The SMILES string of the molecule is C=C1CC2CC(F)CN2C1. The van der Waals surface area contributed by atoms with E-state index in [-0.39, 0.29) is 0 Å². The van der Waals surface area contributed by atoms with E-state index in [2.05, 4.69) is 11.5 Å². The molecule has 0 amide bonds. The number of nitrogens with zero attached hydrogens (tertiary/aromatic N) is 1. The summed E-state index contributed by atoms with van der Waals surface area (Å²) in [4.78, 5) is 2.20. The standard InChI is InChI=1S/C8H12FN/c1-6-2-8-3-7(9)5-10(8)4-6/h7-8H,1-5H2. The Morgan fingerprint density at radius 3 is 3.10 bits per heavy atom. The predicted octanol–water partition coefficient (Wildman–Crippen LogP) is 1.36. The molecular formula is C8H12FN. The minimum absolute atomic E-state index is 0.488. The maximum Gasteiger partial charge on any atom is 0.114 e. The molecule has 0 spiro atoms. The topological polar surface area (TPSA) is 3.24 Å². The molecule has 56 valence electrons. The molecule has 2 saturated heterocycles. The van der Waals surface area contributed by atoms with Crippen molar-refractivity contribution in [1.29, 1.82) is 0 Å². The Bertz CT molecular complexity index is 151. The molecule has 0 bridgehead atoms. The molecule has 10 heavy (non-hydrogen) atoms. The van der Waals surface area contributed by atoms with Gasteiger partial charge in [0.1, 0.15) is 6.17 Å². The van der Waals surface area contributed by atoms with Gasteiger partial charge in [0.25, 0.3) is 0 Å². The lowest BCUT2D eigenvalue weighted by atomic mass is 10.1. The van der Waals surface area contributed by atoms with E-state index in [9.17, 15) is 4.39 Å². The Labute approximate surface area is 60.5 Å². The van der Waals surface area contributed by atoms with Gasteiger partial charge in [-0.2, -0.15) is 0 Å². The third kappa shape index (κ3) is 0.870. The summed E-state index contributed by atoms with van der Waals surface area (Å²) >= 11 is 0. The maximum atomic E-state index is 12.7. The van der Waals surface area contributed by atoms with Gasteiger partial charge in [-0.3, -0.25) is 4.90 Å². The molecule has 0 N–H and O–H groups in total. The number of hydrogen-bond donors (Lipinski definition) is 0. The van der Waals surface area contributed by atoms with Gasteiger partial charge >= 0.3 is 0 Å². The van der Waals surface area contributed by atoms with Gasteiger partial charge in [0.2, 0.25) is 0 Å².